The maximum atomic E-state index is 11.4. The molecule has 0 radical (unpaired) electrons. The first-order chi connectivity index (χ1) is 10.5. The van der Waals surface area contributed by atoms with Crippen molar-refractivity contribution in [1.29, 1.82) is 0 Å². The lowest BCUT2D eigenvalue weighted by atomic mass is 10.1. The van der Waals surface area contributed by atoms with Gasteiger partial charge in [0.25, 0.3) is 0 Å². The smallest absolute Gasteiger partial charge is 0.220 e. The average Bonchev–Trinajstić information content (AvgIpc) is 2.43. The predicted molar refractivity (Wildman–Crippen MR) is 88.1 cm³/mol. The fourth-order valence-corrected chi connectivity index (χ4v) is 1.75. The number of carbonyl (C=O) groups excluding carboxylic acids is 2. The maximum Gasteiger partial charge on any atom is 0.220 e. The van der Waals surface area contributed by atoms with Crippen LogP contribution in [-0.2, 0) is 14.3 Å². The third kappa shape index (κ3) is 13.4. The van der Waals surface area contributed by atoms with Crippen molar-refractivity contribution in [1.82, 2.24) is 10.6 Å². The third-order valence-electron chi connectivity index (χ3n) is 2.86. The molecule has 0 aliphatic rings. The van der Waals surface area contributed by atoms with Gasteiger partial charge in [-0.3, -0.25) is 9.59 Å². The number of amides is 2. The molecule has 0 rings (SSSR count). The van der Waals surface area contributed by atoms with Crippen LogP contribution in [0.1, 0.15) is 47.0 Å². The largest absolute Gasteiger partial charge is 0.367 e. The molecule has 0 heterocycles. The van der Waals surface area contributed by atoms with E-state index in [1.807, 2.05) is 27.7 Å². The summed E-state index contributed by atoms with van der Waals surface area (Å²) in [6.45, 7) is 9.93. The average molecular weight is 310 g/mol. The summed E-state index contributed by atoms with van der Waals surface area (Å²) < 4.78 is 5.34. The van der Waals surface area contributed by atoms with Crippen LogP contribution in [0.5, 0.6) is 0 Å². The summed E-state index contributed by atoms with van der Waals surface area (Å²) >= 11 is 0. The van der Waals surface area contributed by atoms with Crippen LogP contribution in [0.2, 0.25) is 0 Å². The van der Waals surface area contributed by atoms with Crippen LogP contribution >= 0.6 is 0 Å². The van der Waals surface area contributed by atoms with Crippen LogP contribution in [0.15, 0.2) is 0 Å². The topological polar surface area (TPSA) is 67.4 Å². The van der Waals surface area contributed by atoms with E-state index < -0.39 is 0 Å². The second kappa shape index (κ2) is 13.1. The minimum Gasteiger partial charge on any atom is -0.367 e. The van der Waals surface area contributed by atoms with E-state index in [1.54, 1.807) is 0 Å². The molecule has 0 aliphatic heterocycles. The molecule has 0 aromatic rings. The van der Waals surface area contributed by atoms with Crippen molar-refractivity contribution in [2.45, 2.75) is 47.0 Å². The molecule has 2 amide bonds. The number of hydrogen-bond acceptors (Lipinski definition) is 3. The molecule has 5 nitrogen and oxygen atoms in total. The lowest BCUT2D eigenvalue weighted by molar-refractivity contribution is -0.122. The summed E-state index contributed by atoms with van der Waals surface area (Å²) in [5, 5.41) is 5.57. The molecule has 1 unspecified atom stereocenters. The Labute approximate surface area is 134 Å². The molecular formula is C17H30N2O3. The summed E-state index contributed by atoms with van der Waals surface area (Å²) in [6.07, 6.45) is 1.81. The van der Waals surface area contributed by atoms with Gasteiger partial charge in [-0.05, 0) is 19.3 Å². The maximum absolute atomic E-state index is 11.4. The van der Waals surface area contributed by atoms with Gasteiger partial charge in [0.15, 0.2) is 0 Å². The first-order valence-corrected chi connectivity index (χ1v) is 8.05. The van der Waals surface area contributed by atoms with Gasteiger partial charge in [0, 0.05) is 31.8 Å². The minimum atomic E-state index is 0.0589. The first-order valence-electron chi connectivity index (χ1n) is 8.05. The Kier molecular flexibility index (Phi) is 12.2. The van der Waals surface area contributed by atoms with Crippen molar-refractivity contribution in [3.8, 4) is 11.8 Å². The third-order valence-corrected chi connectivity index (χ3v) is 2.86. The predicted octanol–water partition coefficient (Wildman–Crippen LogP) is 1.72. The van der Waals surface area contributed by atoms with Crippen LogP contribution in [-0.4, -0.2) is 38.1 Å². The molecular weight excluding hydrogens is 280 g/mol. The molecule has 0 aromatic carbocycles. The molecule has 0 fully saturated rings. The van der Waals surface area contributed by atoms with Crippen LogP contribution in [0.4, 0.5) is 0 Å². The number of ether oxygens (including phenoxy) is 1. The highest BCUT2D eigenvalue weighted by Gasteiger charge is 2.04. The lowest BCUT2D eigenvalue weighted by Crippen LogP contribution is -2.28. The van der Waals surface area contributed by atoms with E-state index in [9.17, 15) is 9.59 Å². The van der Waals surface area contributed by atoms with Crippen LogP contribution in [0, 0.1) is 23.7 Å². The van der Waals surface area contributed by atoms with Gasteiger partial charge in [-0.25, -0.2) is 0 Å². The van der Waals surface area contributed by atoms with Crippen LogP contribution < -0.4 is 10.6 Å². The quantitative estimate of drug-likeness (QED) is 0.477. The number of carbonyl (C=O) groups is 2. The summed E-state index contributed by atoms with van der Waals surface area (Å²) in [4.78, 5) is 22.7. The standard InChI is InChI=1S/C17H30N2O3/c1-5-18-16(20)9-8-15(4)7-6-11-22-12-10-19-17(21)13-14(2)3/h14-15H,5,8-13H2,1-4H3,(H,18,20)(H,19,21). The van der Waals surface area contributed by atoms with Crippen molar-refractivity contribution in [3.63, 3.8) is 0 Å². The first kappa shape index (κ1) is 20.5. The van der Waals surface area contributed by atoms with E-state index >= 15 is 0 Å². The second-order valence-electron chi connectivity index (χ2n) is 5.71. The number of nitrogens with one attached hydrogen (secondary N) is 2. The molecule has 1 atom stereocenters. The minimum absolute atomic E-state index is 0.0589. The monoisotopic (exact) mass is 310 g/mol. The molecule has 0 aliphatic carbocycles. The fraction of sp³-hybridized carbons (Fsp3) is 0.765. The van der Waals surface area contributed by atoms with E-state index in [4.69, 9.17) is 4.74 Å². The van der Waals surface area contributed by atoms with Crippen molar-refractivity contribution in [3.05, 3.63) is 0 Å². The zero-order valence-electron chi connectivity index (χ0n) is 14.3. The fourth-order valence-electron chi connectivity index (χ4n) is 1.75. The zero-order valence-corrected chi connectivity index (χ0v) is 14.3. The van der Waals surface area contributed by atoms with Crippen molar-refractivity contribution >= 4 is 11.8 Å². The highest BCUT2D eigenvalue weighted by Crippen LogP contribution is 2.03. The molecule has 126 valence electrons. The van der Waals surface area contributed by atoms with Crippen molar-refractivity contribution in [2.24, 2.45) is 11.8 Å². The molecule has 0 saturated carbocycles. The van der Waals surface area contributed by atoms with Gasteiger partial charge < -0.3 is 15.4 Å². The Morgan fingerprint density at radius 1 is 1.14 bits per heavy atom. The molecule has 22 heavy (non-hydrogen) atoms. The van der Waals surface area contributed by atoms with Crippen molar-refractivity contribution in [2.75, 3.05) is 26.3 Å². The van der Waals surface area contributed by atoms with E-state index in [1.165, 1.54) is 0 Å². The zero-order chi connectivity index (χ0) is 16.8. The van der Waals surface area contributed by atoms with Gasteiger partial charge in [-0.15, -0.1) is 0 Å². The molecule has 0 aromatic heterocycles. The van der Waals surface area contributed by atoms with E-state index in [2.05, 4.69) is 22.5 Å². The molecule has 0 bridgehead atoms. The second-order valence-corrected chi connectivity index (χ2v) is 5.71. The van der Waals surface area contributed by atoms with Gasteiger partial charge in [-0.2, -0.15) is 0 Å². The van der Waals surface area contributed by atoms with Gasteiger partial charge in [0.1, 0.15) is 6.61 Å². The lowest BCUT2D eigenvalue weighted by Gasteiger charge is -2.06. The molecule has 2 N–H and O–H groups in total. The number of hydrogen-bond donors (Lipinski definition) is 2. The SMILES string of the molecule is CCNC(=O)CCC(C)C#CCOCCNC(=O)CC(C)C. The van der Waals surface area contributed by atoms with E-state index in [0.29, 0.717) is 45.1 Å². The summed E-state index contributed by atoms with van der Waals surface area (Å²) in [6, 6.07) is 0. The molecule has 0 spiro atoms. The van der Waals surface area contributed by atoms with E-state index in [0.717, 1.165) is 6.42 Å². The van der Waals surface area contributed by atoms with Gasteiger partial charge >= 0.3 is 0 Å². The highest BCUT2D eigenvalue weighted by molar-refractivity contribution is 5.76. The van der Waals surface area contributed by atoms with Gasteiger partial charge in [0.2, 0.25) is 11.8 Å². The number of rotatable bonds is 10. The van der Waals surface area contributed by atoms with E-state index in [-0.39, 0.29) is 17.7 Å². The Morgan fingerprint density at radius 3 is 2.50 bits per heavy atom. The molecule has 0 saturated heterocycles. The van der Waals surface area contributed by atoms with Crippen LogP contribution in [0.25, 0.3) is 0 Å². The molecule has 5 heteroatoms. The Hall–Kier alpha value is -1.54. The normalized spacial score (nSPS) is 11.5. The van der Waals surface area contributed by atoms with Gasteiger partial charge in [0.05, 0.1) is 6.61 Å². The Bertz CT molecular complexity index is 383. The summed E-state index contributed by atoms with van der Waals surface area (Å²) in [5.74, 6) is 6.69. The highest BCUT2D eigenvalue weighted by atomic mass is 16.5. The summed E-state index contributed by atoms with van der Waals surface area (Å²) in [5.41, 5.74) is 0. The Balaban J connectivity index is 3.59. The Morgan fingerprint density at radius 2 is 1.86 bits per heavy atom. The van der Waals surface area contributed by atoms with Crippen molar-refractivity contribution < 1.29 is 14.3 Å². The van der Waals surface area contributed by atoms with Gasteiger partial charge in [-0.1, -0.05) is 32.6 Å². The summed E-state index contributed by atoms with van der Waals surface area (Å²) in [7, 11) is 0. The van der Waals surface area contributed by atoms with Crippen LogP contribution in [0.3, 0.4) is 0 Å².